The van der Waals surface area contributed by atoms with E-state index in [-0.39, 0.29) is 11.9 Å². The molecule has 5 heteroatoms. The highest BCUT2D eigenvalue weighted by Crippen LogP contribution is 2.23. The van der Waals surface area contributed by atoms with E-state index in [2.05, 4.69) is 0 Å². The third-order valence-corrected chi connectivity index (χ3v) is 3.51. The summed E-state index contributed by atoms with van der Waals surface area (Å²) >= 11 is 0. The van der Waals surface area contributed by atoms with Gasteiger partial charge in [0.1, 0.15) is 17.7 Å². The van der Waals surface area contributed by atoms with Gasteiger partial charge in [-0.05, 0) is 29.8 Å². The van der Waals surface area contributed by atoms with Crippen molar-refractivity contribution < 1.29 is 18.7 Å². The van der Waals surface area contributed by atoms with Crippen LogP contribution in [0.4, 0.5) is 9.18 Å². The molecule has 0 spiro atoms. The summed E-state index contributed by atoms with van der Waals surface area (Å²) in [6, 6.07) is 15.1. The SMILES string of the molecule is O=C(Oc1ccccc1)N1CCO[C@@H](c2ccc(F)cc2)C1. The van der Waals surface area contributed by atoms with Crippen LogP contribution in [0.15, 0.2) is 54.6 Å². The highest BCUT2D eigenvalue weighted by atomic mass is 19.1. The van der Waals surface area contributed by atoms with Gasteiger partial charge in [0, 0.05) is 6.54 Å². The lowest BCUT2D eigenvalue weighted by Gasteiger charge is -2.32. The standard InChI is InChI=1S/C17H16FNO3/c18-14-8-6-13(7-9-14)16-12-19(10-11-21-16)17(20)22-15-4-2-1-3-5-15/h1-9,16H,10-12H2/t16-/m1/s1. The van der Waals surface area contributed by atoms with E-state index in [0.717, 1.165) is 5.56 Å². The number of carbonyl (C=O) groups is 1. The van der Waals surface area contributed by atoms with E-state index < -0.39 is 6.09 Å². The molecule has 0 N–H and O–H groups in total. The molecule has 1 saturated heterocycles. The Labute approximate surface area is 128 Å². The average Bonchev–Trinajstić information content (AvgIpc) is 2.56. The zero-order valence-corrected chi connectivity index (χ0v) is 11.9. The van der Waals surface area contributed by atoms with E-state index in [1.54, 1.807) is 29.2 Å². The van der Waals surface area contributed by atoms with Gasteiger partial charge in [-0.2, -0.15) is 0 Å². The van der Waals surface area contributed by atoms with Crippen LogP contribution < -0.4 is 4.74 Å². The fourth-order valence-electron chi connectivity index (χ4n) is 2.35. The maximum atomic E-state index is 13.0. The predicted octanol–water partition coefficient (Wildman–Crippen LogP) is 3.40. The fourth-order valence-corrected chi connectivity index (χ4v) is 2.35. The van der Waals surface area contributed by atoms with Gasteiger partial charge in [0.25, 0.3) is 0 Å². The number of carbonyl (C=O) groups excluding carboxylic acids is 1. The zero-order valence-electron chi connectivity index (χ0n) is 11.9. The van der Waals surface area contributed by atoms with Gasteiger partial charge < -0.3 is 14.4 Å². The van der Waals surface area contributed by atoms with Gasteiger partial charge in [-0.1, -0.05) is 30.3 Å². The molecule has 22 heavy (non-hydrogen) atoms. The molecule has 2 aromatic carbocycles. The monoisotopic (exact) mass is 301 g/mol. The lowest BCUT2D eigenvalue weighted by molar-refractivity contribution is -0.0218. The number of nitrogens with zero attached hydrogens (tertiary/aromatic N) is 1. The Kier molecular flexibility index (Phi) is 4.34. The first-order valence-corrected chi connectivity index (χ1v) is 7.11. The number of amides is 1. The Bertz CT molecular complexity index is 630. The number of rotatable bonds is 2. The van der Waals surface area contributed by atoms with E-state index >= 15 is 0 Å². The van der Waals surface area contributed by atoms with E-state index in [4.69, 9.17) is 9.47 Å². The number of hydrogen-bond donors (Lipinski definition) is 0. The minimum atomic E-state index is -0.401. The molecule has 0 aliphatic carbocycles. The highest BCUT2D eigenvalue weighted by Gasteiger charge is 2.26. The lowest BCUT2D eigenvalue weighted by Crippen LogP contribution is -2.43. The number of benzene rings is 2. The Hall–Kier alpha value is -2.40. The summed E-state index contributed by atoms with van der Waals surface area (Å²) in [5.74, 6) is 0.220. The summed E-state index contributed by atoms with van der Waals surface area (Å²) in [6.45, 7) is 1.28. The first-order valence-electron chi connectivity index (χ1n) is 7.11. The number of morpholine rings is 1. The van der Waals surface area contributed by atoms with Crippen LogP contribution in [0.3, 0.4) is 0 Å². The van der Waals surface area contributed by atoms with Crippen molar-refractivity contribution in [3.63, 3.8) is 0 Å². The van der Waals surface area contributed by atoms with Gasteiger partial charge in [0.2, 0.25) is 0 Å². The molecular formula is C17H16FNO3. The van der Waals surface area contributed by atoms with Crippen molar-refractivity contribution in [1.29, 1.82) is 0 Å². The molecule has 2 aromatic rings. The van der Waals surface area contributed by atoms with Crippen molar-refractivity contribution in [2.75, 3.05) is 19.7 Å². The topological polar surface area (TPSA) is 38.8 Å². The van der Waals surface area contributed by atoms with Crippen molar-refractivity contribution in [2.45, 2.75) is 6.10 Å². The molecule has 0 radical (unpaired) electrons. The van der Waals surface area contributed by atoms with Gasteiger partial charge in [-0.3, -0.25) is 0 Å². The van der Waals surface area contributed by atoms with Gasteiger partial charge in [0.05, 0.1) is 13.2 Å². The van der Waals surface area contributed by atoms with Crippen molar-refractivity contribution in [1.82, 2.24) is 4.90 Å². The molecule has 114 valence electrons. The average molecular weight is 301 g/mol. The highest BCUT2D eigenvalue weighted by molar-refractivity contribution is 5.70. The van der Waals surface area contributed by atoms with Crippen LogP contribution in [0.1, 0.15) is 11.7 Å². The van der Waals surface area contributed by atoms with E-state index in [9.17, 15) is 9.18 Å². The number of hydrogen-bond acceptors (Lipinski definition) is 3. The van der Waals surface area contributed by atoms with Crippen molar-refractivity contribution in [2.24, 2.45) is 0 Å². The lowest BCUT2D eigenvalue weighted by atomic mass is 10.1. The van der Waals surface area contributed by atoms with Gasteiger partial charge in [-0.25, -0.2) is 9.18 Å². The Morgan fingerprint density at radius 1 is 1.14 bits per heavy atom. The molecule has 1 amide bonds. The molecule has 0 saturated carbocycles. The molecule has 1 heterocycles. The quantitative estimate of drug-likeness (QED) is 0.853. The predicted molar refractivity (Wildman–Crippen MR) is 79.1 cm³/mol. The van der Waals surface area contributed by atoms with E-state index in [1.165, 1.54) is 12.1 Å². The number of halogens is 1. The largest absolute Gasteiger partial charge is 0.415 e. The van der Waals surface area contributed by atoms with Gasteiger partial charge >= 0.3 is 6.09 Å². The Morgan fingerprint density at radius 3 is 2.59 bits per heavy atom. The first kappa shape index (κ1) is 14.5. The molecule has 1 fully saturated rings. The molecule has 1 aliphatic rings. The number of ether oxygens (including phenoxy) is 2. The molecule has 3 rings (SSSR count). The van der Waals surface area contributed by atoms with Crippen molar-refractivity contribution >= 4 is 6.09 Å². The smallest absolute Gasteiger partial charge is 0.410 e. The van der Waals surface area contributed by atoms with Crippen LogP contribution in [0, 0.1) is 5.82 Å². The van der Waals surface area contributed by atoms with Crippen LogP contribution in [-0.4, -0.2) is 30.7 Å². The Morgan fingerprint density at radius 2 is 1.86 bits per heavy atom. The third kappa shape index (κ3) is 3.43. The zero-order chi connectivity index (χ0) is 15.4. The van der Waals surface area contributed by atoms with E-state index in [1.807, 2.05) is 18.2 Å². The van der Waals surface area contributed by atoms with Crippen molar-refractivity contribution in [3.05, 3.63) is 66.0 Å². The summed E-state index contributed by atoms with van der Waals surface area (Å²) < 4.78 is 24.0. The maximum absolute atomic E-state index is 13.0. The summed E-state index contributed by atoms with van der Waals surface area (Å²) in [5.41, 5.74) is 0.846. The van der Waals surface area contributed by atoms with E-state index in [0.29, 0.717) is 25.4 Å². The molecule has 0 unspecified atom stereocenters. The fraction of sp³-hybridized carbons (Fsp3) is 0.235. The minimum absolute atomic E-state index is 0.266. The van der Waals surface area contributed by atoms with Crippen LogP contribution in [0.25, 0.3) is 0 Å². The second-order valence-electron chi connectivity index (χ2n) is 5.04. The third-order valence-electron chi connectivity index (χ3n) is 3.51. The molecule has 0 aromatic heterocycles. The van der Waals surface area contributed by atoms with Gasteiger partial charge in [-0.15, -0.1) is 0 Å². The molecule has 4 nitrogen and oxygen atoms in total. The van der Waals surface area contributed by atoms with Crippen LogP contribution in [0.2, 0.25) is 0 Å². The Balaban J connectivity index is 1.65. The summed E-state index contributed by atoms with van der Waals surface area (Å²) in [7, 11) is 0. The van der Waals surface area contributed by atoms with Gasteiger partial charge in [0.15, 0.2) is 0 Å². The number of para-hydroxylation sites is 1. The first-order chi connectivity index (χ1) is 10.7. The summed E-state index contributed by atoms with van der Waals surface area (Å²) in [6.07, 6.45) is -0.667. The normalized spacial score (nSPS) is 18.0. The second kappa shape index (κ2) is 6.58. The summed E-state index contributed by atoms with van der Waals surface area (Å²) in [4.78, 5) is 13.8. The molecule has 1 atom stereocenters. The second-order valence-corrected chi connectivity index (χ2v) is 5.04. The maximum Gasteiger partial charge on any atom is 0.415 e. The van der Waals surface area contributed by atoms with Crippen LogP contribution >= 0.6 is 0 Å². The molecule has 1 aliphatic heterocycles. The summed E-state index contributed by atoms with van der Waals surface area (Å²) in [5, 5.41) is 0. The van der Waals surface area contributed by atoms with Crippen molar-refractivity contribution in [3.8, 4) is 5.75 Å². The molecule has 0 bridgehead atoms. The minimum Gasteiger partial charge on any atom is -0.410 e. The molecular weight excluding hydrogens is 285 g/mol. The van der Waals surface area contributed by atoms with Crippen LogP contribution in [0.5, 0.6) is 5.75 Å². The van der Waals surface area contributed by atoms with Crippen LogP contribution in [-0.2, 0) is 4.74 Å².